The highest BCUT2D eigenvalue weighted by Crippen LogP contribution is 2.40. The fourth-order valence-electron chi connectivity index (χ4n) is 3.15. The quantitative estimate of drug-likeness (QED) is 0.420. The van der Waals surface area contributed by atoms with Gasteiger partial charge in [-0.25, -0.2) is 0 Å². The van der Waals surface area contributed by atoms with Crippen LogP contribution in [0.25, 0.3) is 6.08 Å². The van der Waals surface area contributed by atoms with Gasteiger partial charge in [0.05, 0.1) is 26.2 Å². The third-order valence-electron chi connectivity index (χ3n) is 4.83. The van der Waals surface area contributed by atoms with Crippen LogP contribution in [0.5, 0.6) is 17.2 Å². The van der Waals surface area contributed by atoms with Crippen molar-refractivity contribution in [1.29, 1.82) is 0 Å². The van der Waals surface area contributed by atoms with Gasteiger partial charge in [-0.05, 0) is 66.1 Å². The molecule has 3 rings (SSSR count). The summed E-state index contributed by atoms with van der Waals surface area (Å²) in [6, 6.07) is 10.6. The van der Waals surface area contributed by atoms with Gasteiger partial charge >= 0.3 is 0 Å². The van der Waals surface area contributed by atoms with Gasteiger partial charge < -0.3 is 19.5 Å². The van der Waals surface area contributed by atoms with Crippen LogP contribution in [-0.2, 0) is 4.79 Å². The van der Waals surface area contributed by atoms with Gasteiger partial charge in [0.25, 0.3) is 17.1 Å². The van der Waals surface area contributed by atoms with Crippen molar-refractivity contribution in [2.24, 2.45) is 0 Å². The van der Waals surface area contributed by atoms with Crippen molar-refractivity contribution < 1.29 is 28.6 Å². The Hall–Kier alpha value is -3.11. The van der Waals surface area contributed by atoms with E-state index in [-0.39, 0.29) is 23.9 Å². The van der Waals surface area contributed by atoms with Gasteiger partial charge in [0, 0.05) is 23.5 Å². The topological polar surface area (TPSA) is 94.2 Å². The molecule has 1 aliphatic heterocycles. The monoisotopic (exact) mass is 488 g/mol. The molecule has 0 aromatic heterocycles. The van der Waals surface area contributed by atoms with Gasteiger partial charge in [0.2, 0.25) is 5.75 Å². The Kier molecular flexibility index (Phi) is 8.29. The van der Waals surface area contributed by atoms with Crippen LogP contribution < -0.4 is 19.5 Å². The zero-order valence-electron chi connectivity index (χ0n) is 18.7. The molecule has 1 saturated heterocycles. The molecule has 0 aliphatic carbocycles. The molecule has 0 atom stereocenters. The molecule has 0 radical (unpaired) electrons. The second-order valence-electron chi connectivity index (χ2n) is 6.78. The van der Waals surface area contributed by atoms with Gasteiger partial charge in [-0.15, -0.1) is 11.8 Å². The maximum absolute atomic E-state index is 12.8. The second-order valence-corrected chi connectivity index (χ2v) is 8.65. The average molecular weight is 489 g/mol. The van der Waals surface area contributed by atoms with Gasteiger partial charge in [0.1, 0.15) is 0 Å². The summed E-state index contributed by atoms with van der Waals surface area (Å²) in [6.45, 7) is 0.227. The number of rotatable bonds is 9. The van der Waals surface area contributed by atoms with Crippen LogP contribution in [-0.4, -0.2) is 62.6 Å². The highest BCUT2D eigenvalue weighted by molar-refractivity contribution is 8.18. The minimum absolute atomic E-state index is 0.0753. The van der Waals surface area contributed by atoms with E-state index in [4.69, 9.17) is 14.2 Å². The summed E-state index contributed by atoms with van der Waals surface area (Å²) in [4.78, 5) is 39.9. The van der Waals surface area contributed by atoms with E-state index in [1.54, 1.807) is 42.1 Å². The highest BCUT2D eigenvalue weighted by Gasteiger charge is 2.34. The molecule has 8 nitrogen and oxygen atoms in total. The first-order valence-corrected chi connectivity index (χ1v) is 11.9. The van der Waals surface area contributed by atoms with Crippen molar-refractivity contribution in [2.75, 3.05) is 40.7 Å². The Morgan fingerprint density at radius 2 is 1.70 bits per heavy atom. The normalized spacial score (nSPS) is 14.5. The maximum Gasteiger partial charge on any atom is 0.293 e. The zero-order chi connectivity index (χ0) is 24.0. The molecule has 1 heterocycles. The lowest BCUT2D eigenvalue weighted by molar-refractivity contribution is -0.122. The number of hydrogen-bond donors (Lipinski definition) is 1. The molecule has 10 heteroatoms. The third kappa shape index (κ3) is 5.63. The molecule has 1 aliphatic rings. The molecule has 0 unspecified atom stereocenters. The second kappa shape index (κ2) is 11.2. The minimum atomic E-state index is -0.419. The van der Waals surface area contributed by atoms with Crippen molar-refractivity contribution >= 4 is 46.7 Å². The molecule has 0 spiro atoms. The molecular formula is C23H24N2O6S2. The number of carbonyl (C=O) groups is 3. The van der Waals surface area contributed by atoms with Crippen LogP contribution in [0.1, 0.15) is 15.9 Å². The van der Waals surface area contributed by atoms with E-state index < -0.39 is 11.1 Å². The van der Waals surface area contributed by atoms with Crippen LogP contribution in [0, 0.1) is 0 Å². The van der Waals surface area contributed by atoms with E-state index in [0.29, 0.717) is 28.4 Å². The lowest BCUT2D eigenvalue weighted by Crippen LogP contribution is -2.37. The predicted molar refractivity (Wildman–Crippen MR) is 129 cm³/mol. The first-order chi connectivity index (χ1) is 15.9. The number of amides is 3. The molecular weight excluding hydrogens is 464 g/mol. The summed E-state index contributed by atoms with van der Waals surface area (Å²) >= 11 is 2.43. The van der Waals surface area contributed by atoms with Crippen molar-refractivity contribution in [3.8, 4) is 17.2 Å². The van der Waals surface area contributed by atoms with Gasteiger partial charge in [0.15, 0.2) is 11.5 Å². The lowest BCUT2D eigenvalue weighted by atomic mass is 10.1. The van der Waals surface area contributed by atoms with Gasteiger partial charge in [-0.1, -0.05) is 0 Å². The van der Waals surface area contributed by atoms with Crippen molar-refractivity contribution in [2.45, 2.75) is 4.90 Å². The SMILES string of the molecule is COc1cc(/C=C2\SC(=O)N(CCNC(=O)c3ccc(SC)cc3)C2=O)cc(OC)c1OC. The van der Waals surface area contributed by atoms with Crippen LogP contribution in [0.2, 0.25) is 0 Å². The fraction of sp³-hybridized carbons (Fsp3) is 0.261. The van der Waals surface area contributed by atoms with Crippen LogP contribution >= 0.6 is 23.5 Å². The lowest BCUT2D eigenvalue weighted by Gasteiger charge is -2.13. The van der Waals surface area contributed by atoms with Gasteiger partial charge in [-0.2, -0.15) is 0 Å². The number of ether oxygens (including phenoxy) is 3. The summed E-state index contributed by atoms with van der Waals surface area (Å²) < 4.78 is 16.0. The Labute approximate surface area is 200 Å². The van der Waals surface area contributed by atoms with E-state index >= 15 is 0 Å². The van der Waals surface area contributed by atoms with Crippen LogP contribution in [0.4, 0.5) is 4.79 Å². The Balaban J connectivity index is 1.66. The molecule has 174 valence electrons. The highest BCUT2D eigenvalue weighted by atomic mass is 32.2. The summed E-state index contributed by atoms with van der Waals surface area (Å²) in [5, 5.41) is 2.35. The maximum atomic E-state index is 12.8. The molecule has 33 heavy (non-hydrogen) atoms. The number of methoxy groups -OCH3 is 3. The van der Waals surface area contributed by atoms with E-state index in [2.05, 4.69) is 5.32 Å². The summed E-state index contributed by atoms with van der Waals surface area (Å²) in [5.74, 6) is 0.634. The first kappa shape index (κ1) is 24.5. The summed E-state index contributed by atoms with van der Waals surface area (Å²) in [7, 11) is 4.50. The first-order valence-electron chi connectivity index (χ1n) is 9.89. The number of nitrogens with zero attached hydrogens (tertiary/aromatic N) is 1. The molecule has 0 bridgehead atoms. The Morgan fingerprint density at radius 1 is 1.06 bits per heavy atom. The molecule has 1 fully saturated rings. The van der Waals surface area contributed by atoms with Gasteiger partial charge in [-0.3, -0.25) is 19.3 Å². The standard InChI is InChI=1S/C23H24N2O6S2/c1-29-17-11-14(12-18(30-2)20(17)31-3)13-19-22(27)25(23(28)33-19)10-9-24-21(26)15-5-7-16(32-4)8-6-15/h5-8,11-13H,9-10H2,1-4H3,(H,24,26)/b19-13-. The smallest absolute Gasteiger partial charge is 0.293 e. The van der Waals surface area contributed by atoms with Crippen molar-refractivity contribution in [1.82, 2.24) is 10.2 Å². The predicted octanol–water partition coefficient (Wildman–Crippen LogP) is 3.90. The Morgan fingerprint density at radius 3 is 2.24 bits per heavy atom. The van der Waals surface area contributed by atoms with Crippen LogP contribution in [0.15, 0.2) is 46.2 Å². The third-order valence-corrected chi connectivity index (χ3v) is 6.48. The van der Waals surface area contributed by atoms with E-state index in [1.165, 1.54) is 21.3 Å². The van der Waals surface area contributed by atoms with Crippen molar-refractivity contribution in [3.63, 3.8) is 0 Å². The Bertz CT molecular complexity index is 1060. The van der Waals surface area contributed by atoms with E-state index in [9.17, 15) is 14.4 Å². The molecule has 3 amide bonds. The molecule has 2 aromatic rings. The summed E-state index contributed by atoms with van der Waals surface area (Å²) in [6.07, 6.45) is 3.56. The van der Waals surface area contributed by atoms with E-state index in [1.807, 2.05) is 18.4 Å². The molecule has 0 saturated carbocycles. The molecule has 1 N–H and O–H groups in total. The van der Waals surface area contributed by atoms with Crippen LogP contribution in [0.3, 0.4) is 0 Å². The number of imide groups is 1. The van der Waals surface area contributed by atoms with E-state index in [0.717, 1.165) is 21.6 Å². The minimum Gasteiger partial charge on any atom is -0.493 e. The number of thioether (sulfide) groups is 2. The average Bonchev–Trinajstić information content (AvgIpc) is 3.10. The summed E-state index contributed by atoms with van der Waals surface area (Å²) in [5.41, 5.74) is 1.14. The number of nitrogens with one attached hydrogen (secondary N) is 1. The number of hydrogen-bond acceptors (Lipinski definition) is 8. The number of benzene rings is 2. The zero-order valence-corrected chi connectivity index (χ0v) is 20.3. The fourth-order valence-corrected chi connectivity index (χ4v) is 4.43. The molecule has 2 aromatic carbocycles. The largest absolute Gasteiger partial charge is 0.493 e. The van der Waals surface area contributed by atoms with Crippen molar-refractivity contribution in [3.05, 3.63) is 52.4 Å². The number of carbonyl (C=O) groups excluding carboxylic acids is 3.